The smallest absolute Gasteiger partial charge is 0.325 e. The number of likely N-dealkylation sites (tertiary alicyclic amines) is 1. The van der Waals surface area contributed by atoms with E-state index in [1.807, 2.05) is 32.9 Å². The van der Waals surface area contributed by atoms with Crippen LogP contribution >= 0.6 is 0 Å². The van der Waals surface area contributed by atoms with Gasteiger partial charge in [0, 0.05) is 11.9 Å². The van der Waals surface area contributed by atoms with Crippen LogP contribution in [-0.4, -0.2) is 116 Å². The zero-order valence-corrected chi connectivity index (χ0v) is 36.6. The predicted octanol–water partition coefficient (Wildman–Crippen LogP) is 3.04. The second-order valence-corrected chi connectivity index (χ2v) is 17.5. The van der Waals surface area contributed by atoms with E-state index in [1.165, 1.54) is 11.0 Å². The van der Waals surface area contributed by atoms with Crippen molar-refractivity contribution in [2.75, 3.05) is 19.7 Å². The number of rotatable bonds is 18. The van der Waals surface area contributed by atoms with Crippen LogP contribution in [0.2, 0.25) is 0 Å². The van der Waals surface area contributed by atoms with Gasteiger partial charge in [-0.1, -0.05) is 78.8 Å². The fraction of sp³-hybridized carbons (Fsp3) is 0.477. The molecule has 3 aromatic rings. The molecule has 0 saturated carbocycles. The molecule has 20 heteroatoms. The molecule has 1 aliphatic rings. The number of para-hydroxylation sites is 2. The van der Waals surface area contributed by atoms with Crippen LogP contribution in [0.3, 0.4) is 0 Å². The predicted molar refractivity (Wildman–Crippen MR) is 226 cm³/mol. The highest BCUT2D eigenvalue weighted by Crippen LogP contribution is 2.36. The Morgan fingerprint density at radius 3 is 2.06 bits per heavy atom. The van der Waals surface area contributed by atoms with Crippen molar-refractivity contribution in [2.24, 2.45) is 23.2 Å². The Morgan fingerprint density at radius 1 is 0.828 bits per heavy atom. The van der Waals surface area contributed by atoms with Crippen LogP contribution in [-0.2, 0) is 33.6 Å². The average Bonchev–Trinajstić information content (AvgIpc) is 3.62. The molecule has 3 unspecified atom stereocenters. The Hall–Kier alpha value is -6.73. The molecule has 6 N–H and O–H groups in total. The summed E-state index contributed by atoms with van der Waals surface area (Å²) in [5.41, 5.74) is 2.40. The van der Waals surface area contributed by atoms with Gasteiger partial charge in [0.15, 0.2) is 24.0 Å². The summed E-state index contributed by atoms with van der Waals surface area (Å²) in [4.78, 5) is 112. The van der Waals surface area contributed by atoms with Crippen LogP contribution in [0.4, 0.5) is 8.78 Å². The molecular weight excluding hydrogens is 841 g/mol. The number of nitrogens with one attached hydrogen (secondary N) is 4. The summed E-state index contributed by atoms with van der Waals surface area (Å²) in [5, 5.41) is 28.1. The maximum absolute atomic E-state index is 14.5. The third kappa shape index (κ3) is 13.4. The van der Waals surface area contributed by atoms with Crippen LogP contribution in [0, 0.1) is 34.8 Å². The molecular formula is C44H55F2N7O11. The summed E-state index contributed by atoms with van der Waals surface area (Å²) >= 11 is 0. The minimum absolute atomic E-state index is 0.0144. The van der Waals surface area contributed by atoms with Gasteiger partial charge in [-0.15, -0.1) is 0 Å². The van der Waals surface area contributed by atoms with Crippen molar-refractivity contribution in [1.82, 2.24) is 36.3 Å². The molecule has 1 aliphatic heterocycles. The number of hydrogen-bond donors (Lipinski definition) is 6. The zero-order valence-electron chi connectivity index (χ0n) is 36.6. The Labute approximate surface area is 368 Å². The van der Waals surface area contributed by atoms with E-state index in [-0.39, 0.29) is 18.7 Å². The number of fused-ring (bicyclic) bond motifs is 1. The standard InChI is InChI=1S/C44H55F2N7O11/c1-23(2)35(49-39(59)30-16-15-25-11-8-9-14-29(25)47-30)41(61)48-31(19-33(55)56)40(60)50-36(24(3)4)43(63)52-18-17-26(20-44(5,6)7)37(52)42(62)51-53(21-34(57)58)32(54)22-64-38-27(45)12-10-13-28(38)46/h8-16,23-24,26,31,35-37H,17-22H2,1-7H3,(H,48,61)(H,49,59)(H,50,60)(H,51,62)(H,55,56)(H,57,58)/t26-,31?,35?,36?,37+/m1/s1. The van der Waals surface area contributed by atoms with E-state index >= 15 is 0 Å². The van der Waals surface area contributed by atoms with Crippen LogP contribution in [0.1, 0.15) is 78.2 Å². The van der Waals surface area contributed by atoms with E-state index in [0.717, 1.165) is 23.6 Å². The lowest BCUT2D eigenvalue weighted by atomic mass is 9.81. The number of halogens is 2. The first-order chi connectivity index (χ1) is 30.0. The molecule has 1 fully saturated rings. The lowest BCUT2D eigenvalue weighted by molar-refractivity contribution is -0.154. The quantitative estimate of drug-likeness (QED) is 0.101. The SMILES string of the molecule is CC(C)C(NC(=O)c1ccc2ccccc2n1)C(=O)NC(CC(=O)O)C(=O)NC(C(=O)N1CC[C@H](CC(C)(C)C)[C@H]1C(=O)NN(CC(=O)O)C(=O)COc1c(F)cccc1F)C(C)C. The van der Waals surface area contributed by atoms with Gasteiger partial charge in [-0.2, -0.15) is 0 Å². The van der Waals surface area contributed by atoms with Crippen molar-refractivity contribution in [3.8, 4) is 5.75 Å². The Balaban J connectivity index is 1.55. The number of carbonyl (C=O) groups excluding carboxylic acids is 6. The van der Waals surface area contributed by atoms with Crippen molar-refractivity contribution in [3.05, 3.63) is 71.9 Å². The summed E-state index contributed by atoms with van der Waals surface area (Å²) < 4.78 is 33.4. The number of benzene rings is 2. The molecule has 64 heavy (non-hydrogen) atoms. The highest BCUT2D eigenvalue weighted by Gasteiger charge is 2.46. The molecule has 0 aliphatic carbocycles. The van der Waals surface area contributed by atoms with Gasteiger partial charge in [0.25, 0.3) is 17.7 Å². The molecule has 5 atom stereocenters. The summed E-state index contributed by atoms with van der Waals surface area (Å²) in [5.74, 6) is -13.5. The highest BCUT2D eigenvalue weighted by molar-refractivity contribution is 6.00. The topological polar surface area (TPSA) is 254 Å². The maximum atomic E-state index is 14.5. The number of hydrazine groups is 1. The first-order valence-corrected chi connectivity index (χ1v) is 20.7. The van der Waals surface area contributed by atoms with E-state index in [2.05, 4.69) is 26.4 Å². The Morgan fingerprint density at radius 2 is 1.47 bits per heavy atom. The maximum Gasteiger partial charge on any atom is 0.325 e. The lowest BCUT2D eigenvalue weighted by Gasteiger charge is -2.35. The zero-order chi connectivity index (χ0) is 47.6. The fourth-order valence-corrected chi connectivity index (χ4v) is 7.35. The van der Waals surface area contributed by atoms with Crippen molar-refractivity contribution >= 4 is 58.3 Å². The van der Waals surface area contributed by atoms with Gasteiger partial charge in [0.1, 0.15) is 36.4 Å². The molecule has 2 aromatic carbocycles. The Kier molecular flexibility index (Phi) is 16.8. The number of ether oxygens (including phenoxy) is 1. The molecule has 18 nitrogen and oxygen atoms in total. The van der Waals surface area contributed by atoms with E-state index in [4.69, 9.17) is 4.74 Å². The largest absolute Gasteiger partial charge is 0.481 e. The lowest BCUT2D eigenvalue weighted by Crippen LogP contribution is -2.61. The number of carboxylic acids is 2. The van der Waals surface area contributed by atoms with Gasteiger partial charge in [0.05, 0.1) is 11.9 Å². The van der Waals surface area contributed by atoms with Gasteiger partial charge in [-0.25, -0.2) is 18.8 Å². The van der Waals surface area contributed by atoms with Gasteiger partial charge >= 0.3 is 11.9 Å². The Bertz CT molecular complexity index is 2230. The number of pyridine rings is 1. The van der Waals surface area contributed by atoms with Gasteiger partial charge in [-0.3, -0.25) is 43.8 Å². The molecule has 1 aromatic heterocycles. The summed E-state index contributed by atoms with van der Waals surface area (Å²) in [6, 6.07) is 7.37. The van der Waals surface area contributed by atoms with Crippen molar-refractivity contribution in [2.45, 2.75) is 91.9 Å². The number of hydrogen-bond acceptors (Lipinski definition) is 10. The molecule has 0 bridgehead atoms. The van der Waals surface area contributed by atoms with Crippen LogP contribution in [0.25, 0.3) is 10.9 Å². The van der Waals surface area contributed by atoms with Crippen LogP contribution in [0.15, 0.2) is 54.6 Å². The highest BCUT2D eigenvalue weighted by atomic mass is 19.1. The molecule has 2 heterocycles. The van der Waals surface area contributed by atoms with E-state index < -0.39 is 132 Å². The number of carbonyl (C=O) groups is 8. The van der Waals surface area contributed by atoms with Crippen molar-refractivity contribution in [1.29, 1.82) is 0 Å². The molecule has 0 spiro atoms. The van der Waals surface area contributed by atoms with Crippen LogP contribution < -0.4 is 26.1 Å². The van der Waals surface area contributed by atoms with Crippen LogP contribution in [0.5, 0.6) is 5.75 Å². The first-order valence-electron chi connectivity index (χ1n) is 20.7. The third-order valence-electron chi connectivity index (χ3n) is 10.4. The number of nitrogens with zero attached hydrogens (tertiary/aromatic N) is 3. The van der Waals surface area contributed by atoms with E-state index in [1.54, 1.807) is 45.9 Å². The van der Waals surface area contributed by atoms with E-state index in [0.29, 0.717) is 16.9 Å². The fourth-order valence-electron chi connectivity index (χ4n) is 7.35. The van der Waals surface area contributed by atoms with Crippen molar-refractivity contribution < 1.29 is 62.1 Å². The molecule has 1 saturated heterocycles. The first kappa shape index (κ1) is 49.9. The number of aromatic nitrogens is 1. The van der Waals surface area contributed by atoms with Gasteiger partial charge in [0.2, 0.25) is 17.7 Å². The average molecular weight is 896 g/mol. The summed E-state index contributed by atoms with van der Waals surface area (Å²) in [6.07, 6.45) is -0.269. The summed E-state index contributed by atoms with van der Waals surface area (Å²) in [7, 11) is 0. The number of amides is 6. The molecule has 0 radical (unpaired) electrons. The van der Waals surface area contributed by atoms with E-state index in [9.17, 15) is 57.4 Å². The van der Waals surface area contributed by atoms with Gasteiger partial charge < -0.3 is 35.8 Å². The number of aliphatic carboxylic acids is 2. The second-order valence-electron chi connectivity index (χ2n) is 17.5. The normalized spacial score (nSPS) is 16.4. The monoisotopic (exact) mass is 895 g/mol. The second kappa shape index (κ2) is 21.6. The van der Waals surface area contributed by atoms with Gasteiger partial charge in [-0.05, 0) is 60.3 Å². The molecule has 6 amide bonds. The molecule has 4 rings (SSSR count). The van der Waals surface area contributed by atoms with Crippen molar-refractivity contribution in [3.63, 3.8) is 0 Å². The minimum atomic E-state index is -1.74. The molecule has 346 valence electrons. The third-order valence-corrected chi connectivity index (χ3v) is 10.4. The number of carboxylic acid groups (broad SMARTS) is 2. The minimum Gasteiger partial charge on any atom is -0.481 e. The summed E-state index contributed by atoms with van der Waals surface area (Å²) in [6.45, 7) is 9.94.